The Labute approximate surface area is 140 Å². The van der Waals surface area contributed by atoms with E-state index in [1.807, 2.05) is 18.2 Å². The van der Waals surface area contributed by atoms with Crippen LogP contribution in [0.5, 0.6) is 0 Å². The molecule has 0 atom stereocenters. The number of rotatable bonds is 4. The molecule has 6 nitrogen and oxygen atoms in total. The minimum atomic E-state index is -0.129. The molecule has 1 aromatic heterocycles. The van der Waals surface area contributed by atoms with E-state index >= 15 is 0 Å². The standard InChI is InChI=1S/C18H20N4O2/c19-9-8-17(23)21-14-7-6-13-4-3-11-22(16(13)12-14)18(24)15-5-1-2-10-20-15/h1-2,5-7,10,12H,3-4,8-9,11,19H2,(H,21,23). The maximum absolute atomic E-state index is 12.8. The molecule has 6 heteroatoms. The highest BCUT2D eigenvalue weighted by Crippen LogP contribution is 2.31. The van der Waals surface area contributed by atoms with E-state index in [1.54, 1.807) is 29.3 Å². The highest BCUT2D eigenvalue weighted by Gasteiger charge is 2.24. The number of nitrogens with two attached hydrogens (primary N) is 1. The number of nitrogens with zero attached hydrogens (tertiary/aromatic N) is 2. The van der Waals surface area contributed by atoms with E-state index in [0.717, 1.165) is 24.1 Å². The van der Waals surface area contributed by atoms with Crippen molar-refractivity contribution < 1.29 is 9.59 Å². The Morgan fingerprint density at radius 1 is 1.25 bits per heavy atom. The Morgan fingerprint density at radius 3 is 2.88 bits per heavy atom. The lowest BCUT2D eigenvalue weighted by Crippen LogP contribution is -2.36. The predicted molar refractivity (Wildman–Crippen MR) is 93.0 cm³/mol. The first-order valence-electron chi connectivity index (χ1n) is 8.05. The number of anilines is 2. The molecule has 0 bridgehead atoms. The summed E-state index contributed by atoms with van der Waals surface area (Å²) in [5, 5.41) is 2.82. The summed E-state index contributed by atoms with van der Waals surface area (Å²) in [6, 6.07) is 11.0. The molecule has 1 aliphatic heterocycles. The van der Waals surface area contributed by atoms with Crippen LogP contribution in [-0.4, -0.2) is 29.9 Å². The van der Waals surface area contributed by atoms with Crippen molar-refractivity contribution in [1.82, 2.24) is 4.98 Å². The zero-order valence-corrected chi connectivity index (χ0v) is 13.4. The number of nitrogens with one attached hydrogen (secondary N) is 1. The quantitative estimate of drug-likeness (QED) is 0.900. The fourth-order valence-electron chi connectivity index (χ4n) is 2.85. The van der Waals surface area contributed by atoms with Gasteiger partial charge in [-0.3, -0.25) is 14.6 Å². The molecular weight excluding hydrogens is 304 g/mol. The molecule has 0 saturated heterocycles. The molecule has 0 radical (unpaired) electrons. The Bertz CT molecular complexity index is 746. The average Bonchev–Trinajstić information content (AvgIpc) is 2.61. The smallest absolute Gasteiger partial charge is 0.276 e. The van der Waals surface area contributed by atoms with Crippen LogP contribution >= 0.6 is 0 Å². The second kappa shape index (κ2) is 7.23. The van der Waals surface area contributed by atoms with Gasteiger partial charge in [-0.15, -0.1) is 0 Å². The monoisotopic (exact) mass is 324 g/mol. The Morgan fingerprint density at radius 2 is 2.12 bits per heavy atom. The number of amides is 2. The van der Waals surface area contributed by atoms with Crippen molar-refractivity contribution in [3.63, 3.8) is 0 Å². The summed E-state index contributed by atoms with van der Waals surface area (Å²) in [6.45, 7) is 0.948. The van der Waals surface area contributed by atoms with Gasteiger partial charge in [0.25, 0.3) is 5.91 Å². The van der Waals surface area contributed by atoms with Gasteiger partial charge in [0.2, 0.25) is 5.91 Å². The highest BCUT2D eigenvalue weighted by molar-refractivity contribution is 6.06. The SMILES string of the molecule is NCCC(=O)Nc1ccc2c(c1)N(C(=O)c1ccccn1)CCC2. The van der Waals surface area contributed by atoms with Crippen LogP contribution in [0.2, 0.25) is 0 Å². The number of pyridine rings is 1. The van der Waals surface area contributed by atoms with Gasteiger partial charge < -0.3 is 16.0 Å². The second-order valence-corrected chi connectivity index (χ2v) is 5.71. The number of carbonyl (C=O) groups excluding carboxylic acids is 2. The number of benzene rings is 1. The molecule has 2 aromatic rings. The van der Waals surface area contributed by atoms with Gasteiger partial charge in [0.15, 0.2) is 0 Å². The van der Waals surface area contributed by atoms with Crippen LogP contribution in [0, 0.1) is 0 Å². The fraction of sp³-hybridized carbons (Fsp3) is 0.278. The number of hydrogen-bond donors (Lipinski definition) is 2. The van der Waals surface area contributed by atoms with Crippen LogP contribution in [0.4, 0.5) is 11.4 Å². The molecule has 124 valence electrons. The third kappa shape index (κ3) is 3.44. The van der Waals surface area contributed by atoms with Crippen LogP contribution in [0.15, 0.2) is 42.6 Å². The van der Waals surface area contributed by atoms with Crippen LogP contribution in [0.3, 0.4) is 0 Å². The lowest BCUT2D eigenvalue weighted by molar-refractivity contribution is -0.116. The van der Waals surface area contributed by atoms with E-state index in [2.05, 4.69) is 10.3 Å². The summed E-state index contributed by atoms with van der Waals surface area (Å²) in [5.41, 5.74) is 8.43. The normalized spacial score (nSPS) is 13.3. The average molecular weight is 324 g/mol. The predicted octanol–water partition coefficient (Wildman–Crippen LogP) is 1.96. The van der Waals surface area contributed by atoms with Gasteiger partial charge in [0.1, 0.15) is 5.69 Å². The molecule has 0 saturated carbocycles. The molecule has 2 heterocycles. The van der Waals surface area contributed by atoms with Gasteiger partial charge >= 0.3 is 0 Å². The van der Waals surface area contributed by atoms with Gasteiger partial charge in [0, 0.05) is 37.1 Å². The zero-order chi connectivity index (χ0) is 16.9. The van der Waals surface area contributed by atoms with Crippen LogP contribution in [-0.2, 0) is 11.2 Å². The fourth-order valence-corrected chi connectivity index (χ4v) is 2.85. The number of aromatic nitrogens is 1. The minimum absolute atomic E-state index is 0.123. The van der Waals surface area contributed by atoms with E-state index in [1.165, 1.54) is 0 Å². The Hall–Kier alpha value is -2.73. The van der Waals surface area contributed by atoms with Gasteiger partial charge in [-0.25, -0.2) is 0 Å². The lowest BCUT2D eigenvalue weighted by atomic mass is 10.0. The second-order valence-electron chi connectivity index (χ2n) is 5.71. The maximum atomic E-state index is 12.8. The topological polar surface area (TPSA) is 88.3 Å². The zero-order valence-electron chi connectivity index (χ0n) is 13.4. The van der Waals surface area contributed by atoms with Crippen molar-refractivity contribution >= 4 is 23.2 Å². The first-order chi connectivity index (χ1) is 11.7. The lowest BCUT2D eigenvalue weighted by Gasteiger charge is -2.29. The summed E-state index contributed by atoms with van der Waals surface area (Å²) in [5.74, 6) is -0.252. The van der Waals surface area contributed by atoms with Crippen molar-refractivity contribution in [3.05, 3.63) is 53.9 Å². The third-order valence-electron chi connectivity index (χ3n) is 3.99. The minimum Gasteiger partial charge on any atom is -0.330 e. The Kier molecular flexibility index (Phi) is 4.86. The molecule has 0 aliphatic carbocycles. The maximum Gasteiger partial charge on any atom is 0.276 e. The molecule has 3 rings (SSSR count). The summed E-state index contributed by atoms with van der Waals surface area (Å²) in [7, 11) is 0. The molecule has 1 aromatic carbocycles. The first kappa shape index (κ1) is 16.1. The molecule has 0 spiro atoms. The molecule has 0 fully saturated rings. The van der Waals surface area contributed by atoms with Gasteiger partial charge in [-0.2, -0.15) is 0 Å². The molecule has 1 aliphatic rings. The summed E-state index contributed by atoms with van der Waals surface area (Å²) in [4.78, 5) is 30.4. The number of carbonyl (C=O) groups is 2. The van der Waals surface area contributed by atoms with Crippen molar-refractivity contribution in [2.75, 3.05) is 23.3 Å². The number of fused-ring (bicyclic) bond motifs is 1. The van der Waals surface area contributed by atoms with Crippen LogP contribution in [0.25, 0.3) is 0 Å². The third-order valence-corrected chi connectivity index (χ3v) is 3.99. The molecule has 24 heavy (non-hydrogen) atoms. The number of aryl methyl sites for hydroxylation is 1. The largest absolute Gasteiger partial charge is 0.330 e. The van der Waals surface area contributed by atoms with Gasteiger partial charge in [-0.05, 0) is 42.7 Å². The summed E-state index contributed by atoms with van der Waals surface area (Å²) in [6.07, 6.45) is 3.71. The molecule has 3 N–H and O–H groups in total. The summed E-state index contributed by atoms with van der Waals surface area (Å²) < 4.78 is 0. The van der Waals surface area contributed by atoms with Crippen LogP contribution < -0.4 is 16.0 Å². The molecule has 0 unspecified atom stereocenters. The van der Waals surface area contributed by atoms with Gasteiger partial charge in [0.05, 0.1) is 0 Å². The first-order valence-corrected chi connectivity index (χ1v) is 8.05. The van der Waals surface area contributed by atoms with Crippen LogP contribution in [0.1, 0.15) is 28.9 Å². The highest BCUT2D eigenvalue weighted by atomic mass is 16.2. The van der Waals surface area contributed by atoms with E-state index in [9.17, 15) is 9.59 Å². The van der Waals surface area contributed by atoms with Gasteiger partial charge in [-0.1, -0.05) is 12.1 Å². The van der Waals surface area contributed by atoms with Crippen molar-refractivity contribution in [2.24, 2.45) is 5.73 Å². The van der Waals surface area contributed by atoms with Crippen molar-refractivity contribution in [2.45, 2.75) is 19.3 Å². The Balaban J connectivity index is 1.88. The van der Waals surface area contributed by atoms with Crippen molar-refractivity contribution in [3.8, 4) is 0 Å². The van der Waals surface area contributed by atoms with E-state index in [-0.39, 0.29) is 18.2 Å². The molecular formula is C18H20N4O2. The van der Waals surface area contributed by atoms with Crippen molar-refractivity contribution in [1.29, 1.82) is 0 Å². The number of hydrogen-bond acceptors (Lipinski definition) is 4. The summed E-state index contributed by atoms with van der Waals surface area (Å²) >= 11 is 0. The van der Waals surface area contributed by atoms with E-state index < -0.39 is 0 Å². The van der Waals surface area contributed by atoms with E-state index in [4.69, 9.17) is 5.73 Å². The van der Waals surface area contributed by atoms with E-state index in [0.29, 0.717) is 24.5 Å². The molecule has 2 amide bonds.